The Hall–Kier alpha value is -3.79. The number of carbonyl (C=O) groups is 2. The lowest BCUT2D eigenvalue weighted by Gasteiger charge is -2.11. The summed E-state index contributed by atoms with van der Waals surface area (Å²) in [6.07, 6.45) is 0. The van der Waals surface area contributed by atoms with Crippen LogP contribution in [0.1, 0.15) is 22.8 Å². The second kappa shape index (κ2) is 10.0. The lowest BCUT2D eigenvalue weighted by Crippen LogP contribution is -2.21. The third-order valence-corrected chi connectivity index (χ3v) is 5.30. The average molecular weight is 458 g/mol. The standard InChI is InChI=1S/C22H19FN2O6S/c1-3-30-22(27)20-17(14-4-6-15(23)7-5-14)12-32-21(20)24-19(26)11-31-18-9-8-16(25(28)29)10-13(18)2/h4-10,12H,3,11H2,1-2H3,(H,24,26). The maximum Gasteiger partial charge on any atom is 0.341 e. The Morgan fingerprint density at radius 3 is 2.53 bits per heavy atom. The van der Waals surface area contributed by atoms with E-state index >= 15 is 0 Å². The molecule has 0 fully saturated rings. The Bertz CT molecular complexity index is 1160. The van der Waals surface area contributed by atoms with Crippen molar-refractivity contribution in [3.05, 3.63) is 74.9 Å². The van der Waals surface area contributed by atoms with Gasteiger partial charge in [0.25, 0.3) is 11.6 Å². The van der Waals surface area contributed by atoms with Gasteiger partial charge in [-0.3, -0.25) is 14.9 Å². The largest absolute Gasteiger partial charge is 0.483 e. The molecule has 0 radical (unpaired) electrons. The van der Waals surface area contributed by atoms with Crippen molar-refractivity contribution < 1.29 is 28.4 Å². The summed E-state index contributed by atoms with van der Waals surface area (Å²) in [6, 6.07) is 9.68. The molecule has 0 saturated carbocycles. The maximum atomic E-state index is 13.3. The molecule has 0 bridgehead atoms. The zero-order chi connectivity index (χ0) is 23.3. The predicted molar refractivity (Wildman–Crippen MR) is 118 cm³/mol. The molecule has 0 aliphatic rings. The number of nitro groups is 1. The highest BCUT2D eigenvalue weighted by molar-refractivity contribution is 7.15. The monoisotopic (exact) mass is 458 g/mol. The molecule has 8 nitrogen and oxygen atoms in total. The molecule has 3 rings (SSSR count). The summed E-state index contributed by atoms with van der Waals surface area (Å²) in [5.74, 6) is -1.22. The SMILES string of the molecule is CCOC(=O)c1c(-c2ccc(F)cc2)csc1NC(=O)COc1ccc([N+](=O)[O-])cc1C. The van der Waals surface area contributed by atoms with Gasteiger partial charge in [-0.15, -0.1) is 11.3 Å². The van der Waals surface area contributed by atoms with Crippen molar-refractivity contribution in [2.75, 3.05) is 18.5 Å². The van der Waals surface area contributed by atoms with E-state index in [0.29, 0.717) is 22.4 Å². The molecule has 0 saturated heterocycles. The van der Waals surface area contributed by atoms with Gasteiger partial charge < -0.3 is 14.8 Å². The van der Waals surface area contributed by atoms with Gasteiger partial charge in [-0.25, -0.2) is 9.18 Å². The van der Waals surface area contributed by atoms with E-state index in [9.17, 15) is 24.1 Å². The molecule has 0 spiro atoms. The summed E-state index contributed by atoms with van der Waals surface area (Å²) < 4.78 is 23.9. The maximum absolute atomic E-state index is 13.3. The summed E-state index contributed by atoms with van der Waals surface area (Å²) >= 11 is 1.13. The number of non-ortho nitro benzene ring substituents is 1. The van der Waals surface area contributed by atoms with Crippen molar-refractivity contribution in [2.45, 2.75) is 13.8 Å². The normalized spacial score (nSPS) is 10.5. The number of thiophene rings is 1. The van der Waals surface area contributed by atoms with Crippen molar-refractivity contribution in [1.82, 2.24) is 0 Å². The van der Waals surface area contributed by atoms with Crippen LogP contribution in [0.25, 0.3) is 11.1 Å². The van der Waals surface area contributed by atoms with Gasteiger partial charge in [0, 0.05) is 23.1 Å². The molecule has 166 valence electrons. The van der Waals surface area contributed by atoms with Crippen LogP contribution in [-0.4, -0.2) is 30.0 Å². The van der Waals surface area contributed by atoms with Crippen LogP contribution in [0.2, 0.25) is 0 Å². The lowest BCUT2D eigenvalue weighted by molar-refractivity contribution is -0.384. The van der Waals surface area contributed by atoms with E-state index in [1.807, 2.05) is 0 Å². The minimum absolute atomic E-state index is 0.0784. The van der Waals surface area contributed by atoms with E-state index in [-0.39, 0.29) is 29.5 Å². The number of nitrogens with zero attached hydrogens (tertiary/aromatic N) is 1. The van der Waals surface area contributed by atoms with Crippen molar-refractivity contribution >= 4 is 33.9 Å². The van der Waals surface area contributed by atoms with Gasteiger partial charge in [0.05, 0.1) is 11.5 Å². The van der Waals surface area contributed by atoms with Crippen molar-refractivity contribution in [3.63, 3.8) is 0 Å². The van der Waals surface area contributed by atoms with E-state index in [2.05, 4.69) is 5.32 Å². The van der Waals surface area contributed by atoms with Crippen molar-refractivity contribution in [3.8, 4) is 16.9 Å². The molecule has 10 heteroatoms. The summed E-state index contributed by atoms with van der Waals surface area (Å²) in [4.78, 5) is 35.3. The summed E-state index contributed by atoms with van der Waals surface area (Å²) in [7, 11) is 0. The molecular formula is C22H19FN2O6S. The molecular weight excluding hydrogens is 439 g/mol. The van der Waals surface area contributed by atoms with Gasteiger partial charge in [-0.1, -0.05) is 12.1 Å². The Morgan fingerprint density at radius 1 is 1.19 bits per heavy atom. The average Bonchev–Trinajstić information content (AvgIpc) is 3.17. The van der Waals surface area contributed by atoms with Gasteiger partial charge >= 0.3 is 5.97 Å². The molecule has 0 aliphatic carbocycles. The highest BCUT2D eigenvalue weighted by Crippen LogP contribution is 2.36. The van der Waals surface area contributed by atoms with E-state index in [4.69, 9.17) is 9.47 Å². The number of esters is 1. The number of hydrogen-bond donors (Lipinski definition) is 1. The first-order valence-corrected chi connectivity index (χ1v) is 10.4. The van der Waals surface area contributed by atoms with E-state index < -0.39 is 22.6 Å². The molecule has 0 unspecified atom stereocenters. The first kappa shape index (κ1) is 22.9. The molecule has 2 aromatic carbocycles. The van der Waals surface area contributed by atoms with E-state index in [1.165, 1.54) is 42.5 Å². The number of aryl methyl sites for hydroxylation is 1. The number of benzene rings is 2. The van der Waals surface area contributed by atoms with E-state index in [1.54, 1.807) is 19.2 Å². The van der Waals surface area contributed by atoms with Crippen LogP contribution >= 0.6 is 11.3 Å². The molecule has 0 atom stereocenters. The number of nitro benzene ring substituents is 1. The number of halogens is 1. The van der Waals surface area contributed by atoms with Gasteiger partial charge in [0.15, 0.2) is 6.61 Å². The molecule has 32 heavy (non-hydrogen) atoms. The molecule has 1 amide bonds. The fourth-order valence-electron chi connectivity index (χ4n) is 2.91. The second-order valence-corrected chi connectivity index (χ2v) is 7.50. The summed E-state index contributed by atoms with van der Waals surface area (Å²) in [5, 5.41) is 15.4. The quantitative estimate of drug-likeness (QED) is 0.290. The summed E-state index contributed by atoms with van der Waals surface area (Å²) in [5.41, 5.74) is 1.71. The minimum atomic E-state index is -0.615. The van der Waals surface area contributed by atoms with Crippen LogP contribution in [0.5, 0.6) is 5.75 Å². The topological polar surface area (TPSA) is 108 Å². The second-order valence-electron chi connectivity index (χ2n) is 6.62. The molecule has 1 N–H and O–H groups in total. The smallest absolute Gasteiger partial charge is 0.341 e. The number of amides is 1. The molecule has 1 heterocycles. The molecule has 1 aromatic heterocycles. The van der Waals surface area contributed by atoms with Crippen LogP contribution in [-0.2, 0) is 9.53 Å². The molecule has 3 aromatic rings. The van der Waals surface area contributed by atoms with Crippen molar-refractivity contribution in [2.24, 2.45) is 0 Å². The number of ether oxygens (including phenoxy) is 2. The number of anilines is 1. The van der Waals surface area contributed by atoms with Gasteiger partial charge in [0.2, 0.25) is 0 Å². The van der Waals surface area contributed by atoms with Gasteiger partial charge in [-0.05, 0) is 43.2 Å². The minimum Gasteiger partial charge on any atom is -0.483 e. The third kappa shape index (κ3) is 5.27. The number of rotatable bonds is 8. The van der Waals surface area contributed by atoms with Crippen LogP contribution in [0.15, 0.2) is 47.8 Å². The third-order valence-electron chi connectivity index (χ3n) is 4.41. The predicted octanol–water partition coefficient (Wildman–Crippen LogP) is 4.97. The highest BCUT2D eigenvalue weighted by atomic mass is 32.1. The summed E-state index contributed by atoms with van der Waals surface area (Å²) in [6.45, 7) is 3.08. The Labute approximate surface area is 186 Å². The Balaban J connectivity index is 1.77. The number of nitrogens with one attached hydrogen (secondary N) is 1. The van der Waals surface area contributed by atoms with E-state index in [0.717, 1.165) is 11.3 Å². The highest BCUT2D eigenvalue weighted by Gasteiger charge is 2.23. The zero-order valence-corrected chi connectivity index (χ0v) is 18.0. The fourth-order valence-corrected chi connectivity index (χ4v) is 3.89. The van der Waals surface area contributed by atoms with Gasteiger partial charge in [-0.2, -0.15) is 0 Å². The first-order valence-electron chi connectivity index (χ1n) is 9.52. The fraction of sp³-hybridized carbons (Fsp3) is 0.182. The van der Waals surface area contributed by atoms with Crippen LogP contribution < -0.4 is 10.1 Å². The van der Waals surface area contributed by atoms with Crippen LogP contribution in [0.4, 0.5) is 15.1 Å². The van der Waals surface area contributed by atoms with Gasteiger partial charge in [0.1, 0.15) is 22.1 Å². The number of carbonyl (C=O) groups excluding carboxylic acids is 2. The van der Waals surface area contributed by atoms with Crippen LogP contribution in [0, 0.1) is 22.9 Å². The lowest BCUT2D eigenvalue weighted by atomic mass is 10.0. The molecule has 0 aliphatic heterocycles. The Morgan fingerprint density at radius 2 is 1.91 bits per heavy atom. The zero-order valence-electron chi connectivity index (χ0n) is 17.2. The Kier molecular flexibility index (Phi) is 7.16. The van der Waals surface area contributed by atoms with Crippen molar-refractivity contribution in [1.29, 1.82) is 0 Å². The van der Waals surface area contributed by atoms with Crippen LogP contribution in [0.3, 0.4) is 0 Å². The first-order chi connectivity index (χ1) is 15.3. The number of hydrogen-bond acceptors (Lipinski definition) is 7.